The minimum Gasteiger partial charge on any atom is -0.465 e. The number of halogens is 1. The van der Waals surface area contributed by atoms with Crippen LogP contribution >= 0.6 is 25.1 Å². The van der Waals surface area contributed by atoms with Gasteiger partial charge in [0.05, 0.1) is 19.8 Å². The molecule has 8 heteroatoms. The summed E-state index contributed by atoms with van der Waals surface area (Å²) >= 11 is 5.89. The van der Waals surface area contributed by atoms with E-state index < -0.39 is 29.2 Å². The summed E-state index contributed by atoms with van der Waals surface area (Å²) < 4.78 is 15.1. The highest BCUT2D eigenvalue weighted by atomic mass is 35.5. The molecule has 0 saturated heterocycles. The molecule has 0 heterocycles. The smallest absolute Gasteiger partial charge is 0.335 e. The van der Waals surface area contributed by atoms with Crippen LogP contribution in [-0.4, -0.2) is 37.7 Å². The summed E-state index contributed by atoms with van der Waals surface area (Å²) in [5.74, 6) is -3.85. The van der Waals surface area contributed by atoms with Crippen LogP contribution in [0.2, 0.25) is 5.02 Å². The molecule has 6 nitrogen and oxygen atoms in total. The molecule has 0 aliphatic heterocycles. The number of ether oxygens (including phenoxy) is 3. The monoisotopic (exact) mass is 404 g/mol. The molecule has 146 valence electrons. The normalized spacial score (nSPS) is 11.7. The van der Waals surface area contributed by atoms with Crippen LogP contribution in [0.4, 0.5) is 0 Å². The van der Waals surface area contributed by atoms with Crippen molar-refractivity contribution in [3.05, 3.63) is 34.9 Å². The molecule has 1 rings (SSSR count). The highest BCUT2D eigenvalue weighted by Crippen LogP contribution is 2.40. The summed E-state index contributed by atoms with van der Waals surface area (Å²) in [7, 11) is 0. The molecule has 0 unspecified atom stereocenters. The fourth-order valence-electron chi connectivity index (χ4n) is 2.52. The molecule has 1 aromatic carbocycles. The van der Waals surface area contributed by atoms with Crippen molar-refractivity contribution in [3.8, 4) is 0 Å². The molecule has 0 spiro atoms. The largest absolute Gasteiger partial charge is 0.465 e. The average molecular weight is 405 g/mol. The molecule has 0 bridgehead atoms. The van der Waals surface area contributed by atoms with E-state index in [2.05, 4.69) is 0 Å². The SMILES string of the molecule is CCOC(=O)C(C(=O)OCC)(C(=O)OCC)[C@@H](C)c1ccc(Cl)cc1.S. The lowest BCUT2D eigenvalue weighted by atomic mass is 9.72. The summed E-state index contributed by atoms with van der Waals surface area (Å²) in [6.45, 7) is 6.37. The lowest BCUT2D eigenvalue weighted by molar-refractivity contribution is -0.185. The molecule has 0 N–H and O–H groups in total. The molecule has 0 fully saturated rings. The zero-order valence-electron chi connectivity index (χ0n) is 15.3. The van der Waals surface area contributed by atoms with Crippen LogP contribution in [0.3, 0.4) is 0 Å². The van der Waals surface area contributed by atoms with Gasteiger partial charge in [-0.15, -0.1) is 0 Å². The first-order chi connectivity index (χ1) is 11.9. The fraction of sp³-hybridized carbons (Fsp3) is 0.500. The molecule has 0 aliphatic rings. The van der Waals surface area contributed by atoms with Gasteiger partial charge < -0.3 is 14.2 Å². The molecule has 1 aromatic rings. The maximum Gasteiger partial charge on any atom is 0.335 e. The topological polar surface area (TPSA) is 78.9 Å². The molecular formula is C18H25ClO6S. The lowest BCUT2D eigenvalue weighted by Gasteiger charge is -2.32. The Kier molecular flexibility index (Phi) is 10.3. The first kappa shape index (κ1) is 24.3. The summed E-state index contributed by atoms with van der Waals surface area (Å²) in [6, 6.07) is 6.50. The Labute approximate surface area is 165 Å². The summed E-state index contributed by atoms with van der Waals surface area (Å²) in [5.41, 5.74) is -1.69. The van der Waals surface area contributed by atoms with Crippen molar-refractivity contribution in [2.45, 2.75) is 33.6 Å². The van der Waals surface area contributed by atoms with Crippen molar-refractivity contribution in [1.82, 2.24) is 0 Å². The Morgan fingerprint density at radius 3 is 1.54 bits per heavy atom. The van der Waals surface area contributed by atoms with Gasteiger partial charge in [0.25, 0.3) is 5.41 Å². The number of carbonyl (C=O) groups is 3. The van der Waals surface area contributed by atoms with Gasteiger partial charge in [0.1, 0.15) is 0 Å². The van der Waals surface area contributed by atoms with E-state index in [0.717, 1.165) is 0 Å². The van der Waals surface area contributed by atoms with E-state index in [9.17, 15) is 14.4 Å². The third-order valence-electron chi connectivity index (χ3n) is 3.81. The quantitative estimate of drug-likeness (QED) is 0.376. The van der Waals surface area contributed by atoms with Gasteiger partial charge in [-0.1, -0.05) is 30.7 Å². The van der Waals surface area contributed by atoms with Crippen LogP contribution in [0.1, 0.15) is 39.2 Å². The summed E-state index contributed by atoms with van der Waals surface area (Å²) in [6.07, 6.45) is 0. The third-order valence-corrected chi connectivity index (χ3v) is 4.06. The van der Waals surface area contributed by atoms with Crippen molar-refractivity contribution in [1.29, 1.82) is 0 Å². The highest BCUT2D eigenvalue weighted by molar-refractivity contribution is 7.59. The van der Waals surface area contributed by atoms with Gasteiger partial charge in [-0.25, -0.2) is 0 Å². The Bertz CT molecular complexity index is 571. The van der Waals surface area contributed by atoms with Crippen molar-refractivity contribution in [2.24, 2.45) is 5.41 Å². The van der Waals surface area contributed by atoms with Crippen LogP contribution in [0.5, 0.6) is 0 Å². The van der Waals surface area contributed by atoms with Gasteiger partial charge in [-0.05, 0) is 38.5 Å². The van der Waals surface area contributed by atoms with Gasteiger partial charge in [-0.2, -0.15) is 13.5 Å². The van der Waals surface area contributed by atoms with Gasteiger partial charge in [0.15, 0.2) is 0 Å². The molecule has 1 atom stereocenters. The van der Waals surface area contributed by atoms with Crippen molar-refractivity contribution in [3.63, 3.8) is 0 Å². The lowest BCUT2D eigenvalue weighted by Crippen LogP contribution is -2.52. The fourth-order valence-corrected chi connectivity index (χ4v) is 2.64. The first-order valence-corrected chi connectivity index (χ1v) is 8.51. The molecule has 26 heavy (non-hydrogen) atoms. The van der Waals surface area contributed by atoms with E-state index in [4.69, 9.17) is 25.8 Å². The number of rotatable bonds is 8. The van der Waals surface area contributed by atoms with E-state index in [-0.39, 0.29) is 33.3 Å². The van der Waals surface area contributed by atoms with E-state index >= 15 is 0 Å². The molecule has 0 aromatic heterocycles. The van der Waals surface area contributed by atoms with Crippen molar-refractivity contribution < 1.29 is 28.6 Å². The maximum absolute atomic E-state index is 12.7. The average Bonchev–Trinajstić information content (AvgIpc) is 2.56. The van der Waals surface area contributed by atoms with Crippen molar-refractivity contribution >= 4 is 43.0 Å². The van der Waals surface area contributed by atoms with Crippen molar-refractivity contribution in [2.75, 3.05) is 19.8 Å². The van der Waals surface area contributed by atoms with E-state index in [1.54, 1.807) is 52.0 Å². The van der Waals surface area contributed by atoms with Gasteiger partial charge in [0, 0.05) is 10.9 Å². The molecule has 0 amide bonds. The van der Waals surface area contributed by atoms with Crippen LogP contribution < -0.4 is 0 Å². The van der Waals surface area contributed by atoms with Gasteiger partial charge in [0.2, 0.25) is 0 Å². The number of hydrogen-bond donors (Lipinski definition) is 0. The minimum atomic E-state index is -2.24. The second kappa shape index (κ2) is 11.1. The van der Waals surface area contributed by atoms with Crippen LogP contribution in [0.25, 0.3) is 0 Å². The second-order valence-electron chi connectivity index (χ2n) is 5.24. The Morgan fingerprint density at radius 1 is 0.885 bits per heavy atom. The van der Waals surface area contributed by atoms with Gasteiger partial charge >= 0.3 is 17.9 Å². The minimum absolute atomic E-state index is 0. The third kappa shape index (κ3) is 4.92. The van der Waals surface area contributed by atoms with Gasteiger partial charge in [-0.3, -0.25) is 14.4 Å². The summed E-state index contributed by atoms with van der Waals surface area (Å²) in [5, 5.41) is 0.491. The molecule has 0 radical (unpaired) electrons. The van der Waals surface area contributed by atoms with Crippen LogP contribution in [-0.2, 0) is 28.6 Å². The van der Waals surface area contributed by atoms with E-state index in [0.29, 0.717) is 10.6 Å². The predicted octanol–water partition coefficient (Wildman–Crippen LogP) is 3.23. The Balaban J connectivity index is 0.00000625. The first-order valence-electron chi connectivity index (χ1n) is 8.13. The van der Waals surface area contributed by atoms with Crippen LogP contribution in [0, 0.1) is 5.41 Å². The number of esters is 3. The molecule has 0 aliphatic carbocycles. The second-order valence-corrected chi connectivity index (χ2v) is 5.68. The predicted molar refractivity (Wildman–Crippen MR) is 103 cm³/mol. The Hall–Kier alpha value is -1.73. The Morgan fingerprint density at radius 2 is 1.23 bits per heavy atom. The maximum atomic E-state index is 12.7. The highest BCUT2D eigenvalue weighted by Gasteiger charge is 2.61. The van der Waals surface area contributed by atoms with E-state index in [1.165, 1.54) is 0 Å². The molecule has 0 saturated carbocycles. The zero-order valence-corrected chi connectivity index (χ0v) is 17.1. The zero-order chi connectivity index (χ0) is 19.0. The molecular weight excluding hydrogens is 380 g/mol. The van der Waals surface area contributed by atoms with Crippen LogP contribution in [0.15, 0.2) is 24.3 Å². The standard InChI is InChI=1S/C18H23ClO6.H2S/c1-5-23-15(20)18(16(21)24-6-2,17(22)25-7-3)12(4)13-8-10-14(19)11-9-13;/h8-12H,5-7H2,1-4H3;1H2/t12-;/m0./s1. The number of hydrogen-bond acceptors (Lipinski definition) is 6. The number of carbonyl (C=O) groups excluding carboxylic acids is 3. The number of benzene rings is 1. The van der Waals surface area contributed by atoms with E-state index in [1.807, 2.05) is 0 Å². The summed E-state index contributed by atoms with van der Waals surface area (Å²) in [4.78, 5) is 38.2.